The van der Waals surface area contributed by atoms with Crippen molar-refractivity contribution in [3.63, 3.8) is 0 Å². The summed E-state index contributed by atoms with van der Waals surface area (Å²) in [5.41, 5.74) is 0.351. The molecule has 0 radical (unpaired) electrons. The van der Waals surface area contributed by atoms with Crippen LogP contribution in [0.3, 0.4) is 0 Å². The Morgan fingerprint density at radius 1 is 1.22 bits per heavy atom. The normalized spacial score (nSPS) is 10.4. The lowest BCUT2D eigenvalue weighted by molar-refractivity contribution is -0.384. The van der Waals surface area contributed by atoms with Crippen LogP contribution in [0.4, 0.5) is 11.4 Å². The highest BCUT2D eigenvalue weighted by molar-refractivity contribution is 7.80. The number of para-hydroxylation sites is 1. The quantitative estimate of drug-likeness (QED) is 0.301. The number of rotatable bonds is 5. The molecule has 2 aromatic carbocycles. The monoisotopic (exact) mass is 405 g/mol. The average Bonchev–Trinajstić information content (AvgIpc) is 2.60. The Balaban J connectivity index is 2.02. The Bertz CT molecular complexity index is 961. The van der Waals surface area contributed by atoms with Crippen LogP contribution in [0.25, 0.3) is 6.08 Å². The molecule has 8 nitrogen and oxygen atoms in total. The van der Waals surface area contributed by atoms with Crippen LogP contribution in [0, 0.1) is 10.1 Å². The minimum atomic E-state index is -1.14. The van der Waals surface area contributed by atoms with E-state index in [9.17, 15) is 19.7 Å². The molecule has 0 unspecified atom stereocenters. The first-order valence-corrected chi connectivity index (χ1v) is 8.13. The van der Waals surface area contributed by atoms with Crippen molar-refractivity contribution in [3.05, 3.63) is 74.8 Å². The number of hydrogen-bond acceptors (Lipinski definition) is 5. The van der Waals surface area contributed by atoms with E-state index in [0.717, 1.165) is 6.08 Å². The first-order chi connectivity index (χ1) is 12.8. The van der Waals surface area contributed by atoms with Gasteiger partial charge in [-0.25, -0.2) is 4.79 Å². The smallest absolute Gasteiger partial charge is 0.337 e. The summed E-state index contributed by atoms with van der Waals surface area (Å²) in [4.78, 5) is 33.3. The Labute approximate surface area is 163 Å². The van der Waals surface area contributed by atoms with E-state index in [2.05, 4.69) is 10.6 Å². The molecular weight excluding hydrogens is 394 g/mol. The molecule has 0 fully saturated rings. The lowest BCUT2D eigenvalue weighted by atomic mass is 10.2. The van der Waals surface area contributed by atoms with Gasteiger partial charge in [0.2, 0.25) is 5.91 Å². The number of aromatic carboxylic acids is 1. The third-order valence-electron chi connectivity index (χ3n) is 3.24. The molecule has 0 aliphatic carbocycles. The predicted molar refractivity (Wildman–Crippen MR) is 105 cm³/mol. The van der Waals surface area contributed by atoms with E-state index in [1.54, 1.807) is 12.1 Å². The number of benzene rings is 2. The summed E-state index contributed by atoms with van der Waals surface area (Å²) in [6, 6.07) is 10.2. The van der Waals surface area contributed by atoms with Gasteiger partial charge in [0.05, 0.1) is 16.2 Å². The Kier molecular flexibility index (Phi) is 6.58. The Hall–Kier alpha value is -3.30. The van der Waals surface area contributed by atoms with Gasteiger partial charge in [0, 0.05) is 12.1 Å². The Morgan fingerprint density at radius 3 is 2.59 bits per heavy atom. The van der Waals surface area contributed by atoms with E-state index >= 15 is 0 Å². The van der Waals surface area contributed by atoms with Gasteiger partial charge in [-0.05, 0) is 42.1 Å². The second kappa shape index (κ2) is 8.88. The van der Waals surface area contributed by atoms with Crippen molar-refractivity contribution in [2.75, 3.05) is 5.32 Å². The van der Waals surface area contributed by atoms with E-state index in [-0.39, 0.29) is 27.1 Å². The summed E-state index contributed by atoms with van der Waals surface area (Å²) in [5, 5.41) is 24.8. The summed E-state index contributed by atoms with van der Waals surface area (Å²) in [6.07, 6.45) is 2.48. The van der Waals surface area contributed by atoms with Crippen LogP contribution in [0.1, 0.15) is 15.9 Å². The molecule has 138 valence electrons. The number of carbonyl (C=O) groups excluding carboxylic acids is 1. The van der Waals surface area contributed by atoms with E-state index in [1.165, 1.54) is 36.4 Å². The van der Waals surface area contributed by atoms with Crippen molar-refractivity contribution >= 4 is 58.3 Å². The highest BCUT2D eigenvalue weighted by Gasteiger charge is 2.12. The summed E-state index contributed by atoms with van der Waals surface area (Å²) >= 11 is 10.7. The van der Waals surface area contributed by atoms with Crippen LogP contribution in [0.15, 0.2) is 48.5 Å². The number of thiocarbonyl (C=S) groups is 1. The molecule has 0 aliphatic rings. The molecule has 2 aromatic rings. The van der Waals surface area contributed by atoms with Crippen LogP contribution >= 0.6 is 23.8 Å². The molecule has 0 atom stereocenters. The number of nitrogens with zero attached hydrogens (tertiary/aromatic N) is 1. The van der Waals surface area contributed by atoms with Gasteiger partial charge in [-0.1, -0.05) is 29.8 Å². The maximum Gasteiger partial charge on any atom is 0.337 e. The van der Waals surface area contributed by atoms with Crippen LogP contribution < -0.4 is 10.6 Å². The molecule has 2 rings (SSSR count). The van der Waals surface area contributed by atoms with Gasteiger partial charge >= 0.3 is 5.97 Å². The van der Waals surface area contributed by atoms with Crippen LogP contribution in [-0.2, 0) is 4.79 Å². The molecule has 10 heteroatoms. The number of nitro benzene ring substituents is 1. The van der Waals surface area contributed by atoms with Crippen LogP contribution in [0.2, 0.25) is 5.02 Å². The van der Waals surface area contributed by atoms with Crippen molar-refractivity contribution in [1.29, 1.82) is 0 Å². The van der Waals surface area contributed by atoms with Gasteiger partial charge in [0.25, 0.3) is 5.69 Å². The lowest BCUT2D eigenvalue weighted by Gasteiger charge is -2.10. The lowest BCUT2D eigenvalue weighted by Crippen LogP contribution is -2.33. The van der Waals surface area contributed by atoms with Gasteiger partial charge in [0.1, 0.15) is 5.02 Å². The molecule has 0 aromatic heterocycles. The number of carboxylic acids is 1. The number of carboxylic acid groups (broad SMARTS) is 1. The average molecular weight is 406 g/mol. The molecule has 0 spiro atoms. The number of nitro groups is 1. The van der Waals surface area contributed by atoms with Crippen molar-refractivity contribution in [2.24, 2.45) is 0 Å². The SMILES string of the molecule is O=C(C=Cc1ccc(Cl)c([N+](=O)[O-])c1)NC(=S)Nc1ccccc1C(=O)O. The van der Waals surface area contributed by atoms with Gasteiger partial charge in [-0.2, -0.15) is 0 Å². The van der Waals surface area contributed by atoms with Gasteiger partial charge in [-0.3, -0.25) is 20.2 Å². The first-order valence-electron chi connectivity index (χ1n) is 7.34. The fourth-order valence-electron chi connectivity index (χ4n) is 2.03. The summed E-state index contributed by atoms with van der Waals surface area (Å²) in [6.45, 7) is 0. The van der Waals surface area contributed by atoms with Gasteiger partial charge in [-0.15, -0.1) is 0 Å². The zero-order chi connectivity index (χ0) is 20.0. The van der Waals surface area contributed by atoms with E-state index in [1.807, 2.05) is 0 Å². The summed E-state index contributed by atoms with van der Waals surface area (Å²) < 4.78 is 0. The number of hydrogen-bond donors (Lipinski definition) is 3. The second-order valence-corrected chi connectivity index (χ2v) is 5.91. The summed E-state index contributed by atoms with van der Waals surface area (Å²) in [7, 11) is 0. The fraction of sp³-hybridized carbons (Fsp3) is 0. The number of carbonyl (C=O) groups is 2. The number of halogens is 1. The zero-order valence-corrected chi connectivity index (χ0v) is 15.1. The molecular formula is C17H12ClN3O5S. The molecule has 0 saturated heterocycles. The van der Waals surface area contributed by atoms with Crippen LogP contribution in [0.5, 0.6) is 0 Å². The number of nitrogens with one attached hydrogen (secondary N) is 2. The highest BCUT2D eigenvalue weighted by atomic mass is 35.5. The zero-order valence-electron chi connectivity index (χ0n) is 13.5. The minimum Gasteiger partial charge on any atom is -0.478 e. The number of amides is 1. The fourth-order valence-corrected chi connectivity index (χ4v) is 2.43. The Morgan fingerprint density at radius 2 is 1.93 bits per heavy atom. The highest BCUT2D eigenvalue weighted by Crippen LogP contribution is 2.25. The topological polar surface area (TPSA) is 122 Å². The van der Waals surface area contributed by atoms with Crippen LogP contribution in [-0.4, -0.2) is 27.0 Å². The van der Waals surface area contributed by atoms with E-state index in [0.29, 0.717) is 5.56 Å². The van der Waals surface area contributed by atoms with Gasteiger partial charge in [0.15, 0.2) is 5.11 Å². The standard InChI is InChI=1S/C17H12ClN3O5S/c18-12-7-5-10(9-14(12)21(25)26)6-8-15(22)20-17(27)19-13-4-2-1-3-11(13)16(23)24/h1-9H,(H,23,24)(H2,19,20,22,27). The largest absolute Gasteiger partial charge is 0.478 e. The summed E-state index contributed by atoms with van der Waals surface area (Å²) in [5.74, 6) is -1.74. The van der Waals surface area contributed by atoms with Gasteiger partial charge < -0.3 is 10.4 Å². The maximum absolute atomic E-state index is 11.9. The molecule has 0 bridgehead atoms. The van der Waals surface area contributed by atoms with E-state index < -0.39 is 16.8 Å². The maximum atomic E-state index is 11.9. The molecule has 0 heterocycles. The predicted octanol–water partition coefficient (Wildman–Crippen LogP) is 3.47. The van der Waals surface area contributed by atoms with Crippen molar-refractivity contribution in [2.45, 2.75) is 0 Å². The molecule has 27 heavy (non-hydrogen) atoms. The van der Waals surface area contributed by atoms with Crippen molar-refractivity contribution < 1.29 is 19.6 Å². The van der Waals surface area contributed by atoms with Crippen molar-refractivity contribution in [1.82, 2.24) is 5.32 Å². The molecule has 0 aliphatic heterocycles. The minimum absolute atomic E-state index is 0.00175. The first kappa shape index (κ1) is 20.0. The third kappa shape index (κ3) is 5.59. The second-order valence-electron chi connectivity index (χ2n) is 5.10. The van der Waals surface area contributed by atoms with Crippen molar-refractivity contribution in [3.8, 4) is 0 Å². The third-order valence-corrected chi connectivity index (χ3v) is 3.76. The molecule has 3 N–H and O–H groups in total. The molecule has 1 amide bonds. The van der Waals surface area contributed by atoms with E-state index in [4.69, 9.17) is 28.9 Å². The molecule has 0 saturated carbocycles. The number of anilines is 1.